The van der Waals surface area contributed by atoms with E-state index in [2.05, 4.69) is 39.9 Å². The van der Waals surface area contributed by atoms with E-state index < -0.39 is 0 Å². The molecule has 0 aliphatic rings. The van der Waals surface area contributed by atoms with Crippen LogP contribution in [-0.2, 0) is 6.42 Å². The van der Waals surface area contributed by atoms with Crippen LogP contribution in [0.4, 0.5) is 0 Å². The van der Waals surface area contributed by atoms with Crippen LogP contribution in [0, 0.1) is 0 Å². The average Bonchev–Trinajstić information content (AvgIpc) is 2.61. The van der Waals surface area contributed by atoms with E-state index in [4.69, 9.17) is 4.74 Å². The highest BCUT2D eigenvalue weighted by molar-refractivity contribution is 5.79. The summed E-state index contributed by atoms with van der Waals surface area (Å²) in [5.41, 5.74) is 1.33. The van der Waals surface area contributed by atoms with Gasteiger partial charge in [0.25, 0.3) is 0 Å². The minimum atomic E-state index is 0.692. The molecule has 0 unspecified atom stereocenters. The third-order valence-corrected chi connectivity index (χ3v) is 3.40. The summed E-state index contributed by atoms with van der Waals surface area (Å²) in [6.45, 7) is 2.39. The lowest BCUT2D eigenvalue weighted by molar-refractivity contribution is 0.311. The number of nitrogens with one attached hydrogen (secondary N) is 2. The van der Waals surface area contributed by atoms with Crippen LogP contribution in [0.2, 0.25) is 0 Å². The predicted octanol–water partition coefficient (Wildman–Crippen LogP) is 2.86. The van der Waals surface area contributed by atoms with Crippen molar-refractivity contribution in [3.63, 3.8) is 0 Å². The monoisotopic (exact) mass is 311 g/mol. The van der Waals surface area contributed by atoms with Crippen molar-refractivity contribution in [3.8, 4) is 5.75 Å². The van der Waals surface area contributed by atoms with Crippen LogP contribution in [0.3, 0.4) is 0 Å². The first-order valence-electron chi connectivity index (χ1n) is 8.05. The summed E-state index contributed by atoms with van der Waals surface area (Å²) < 4.78 is 5.66. The first-order valence-corrected chi connectivity index (χ1v) is 8.05. The third kappa shape index (κ3) is 6.87. The Morgan fingerprint density at radius 2 is 1.57 bits per heavy atom. The highest BCUT2D eigenvalue weighted by atomic mass is 16.5. The van der Waals surface area contributed by atoms with E-state index in [1.807, 2.05) is 36.4 Å². The molecule has 122 valence electrons. The fourth-order valence-electron chi connectivity index (χ4n) is 2.18. The van der Waals surface area contributed by atoms with E-state index in [9.17, 15) is 0 Å². The van der Waals surface area contributed by atoms with Crippen molar-refractivity contribution in [1.82, 2.24) is 10.6 Å². The molecule has 4 heteroatoms. The van der Waals surface area contributed by atoms with Crippen LogP contribution in [0.1, 0.15) is 12.0 Å². The normalized spacial score (nSPS) is 11.1. The van der Waals surface area contributed by atoms with Gasteiger partial charge in [-0.1, -0.05) is 48.5 Å². The van der Waals surface area contributed by atoms with Crippen LogP contribution >= 0.6 is 0 Å². The van der Waals surface area contributed by atoms with Crippen LogP contribution in [-0.4, -0.2) is 32.7 Å². The van der Waals surface area contributed by atoms with Gasteiger partial charge in [-0.15, -0.1) is 0 Å². The van der Waals surface area contributed by atoms with Crippen LogP contribution in [0.15, 0.2) is 65.7 Å². The van der Waals surface area contributed by atoms with Crippen molar-refractivity contribution in [3.05, 3.63) is 66.2 Å². The van der Waals surface area contributed by atoms with Gasteiger partial charge >= 0.3 is 0 Å². The second-order valence-corrected chi connectivity index (χ2v) is 5.18. The summed E-state index contributed by atoms with van der Waals surface area (Å²) in [5.74, 6) is 1.75. The zero-order valence-electron chi connectivity index (χ0n) is 13.7. The van der Waals surface area contributed by atoms with Crippen molar-refractivity contribution >= 4 is 5.96 Å². The van der Waals surface area contributed by atoms with Crippen molar-refractivity contribution in [2.45, 2.75) is 12.8 Å². The van der Waals surface area contributed by atoms with Gasteiger partial charge in [0.05, 0.1) is 6.61 Å². The Bertz CT molecular complexity index is 570. The first-order chi connectivity index (χ1) is 11.4. The molecular formula is C19H25N3O. The summed E-state index contributed by atoms with van der Waals surface area (Å²) in [5, 5.41) is 6.63. The van der Waals surface area contributed by atoms with Gasteiger partial charge in [-0.2, -0.15) is 0 Å². The number of rotatable bonds is 8. The highest BCUT2D eigenvalue weighted by Gasteiger charge is 1.98. The quantitative estimate of drug-likeness (QED) is 0.448. The zero-order valence-corrected chi connectivity index (χ0v) is 13.7. The number of ether oxygens (including phenoxy) is 1. The molecule has 2 aromatic rings. The van der Waals surface area contributed by atoms with E-state index >= 15 is 0 Å². The Labute approximate surface area is 138 Å². The molecule has 0 radical (unpaired) electrons. The van der Waals surface area contributed by atoms with Gasteiger partial charge in [0.1, 0.15) is 5.75 Å². The number of hydrogen-bond acceptors (Lipinski definition) is 2. The molecule has 0 amide bonds. The molecule has 0 saturated heterocycles. The molecule has 23 heavy (non-hydrogen) atoms. The summed E-state index contributed by atoms with van der Waals surface area (Å²) in [4.78, 5) is 4.23. The molecule has 2 aromatic carbocycles. The molecule has 0 fully saturated rings. The van der Waals surface area contributed by atoms with E-state index in [0.717, 1.165) is 37.6 Å². The number of nitrogens with zero attached hydrogens (tertiary/aromatic N) is 1. The molecule has 2 rings (SSSR count). The van der Waals surface area contributed by atoms with Crippen LogP contribution < -0.4 is 15.4 Å². The minimum Gasteiger partial charge on any atom is -0.494 e. The molecule has 0 atom stereocenters. The van der Waals surface area contributed by atoms with Crippen molar-refractivity contribution in [2.75, 3.05) is 26.7 Å². The Balaban J connectivity index is 1.56. The molecular weight excluding hydrogens is 286 g/mol. The van der Waals surface area contributed by atoms with Gasteiger partial charge in [-0.25, -0.2) is 0 Å². The average molecular weight is 311 g/mol. The van der Waals surface area contributed by atoms with Gasteiger partial charge < -0.3 is 15.4 Å². The molecule has 0 aliphatic carbocycles. The van der Waals surface area contributed by atoms with Crippen molar-refractivity contribution in [1.29, 1.82) is 0 Å². The molecule has 0 aromatic heterocycles. The minimum absolute atomic E-state index is 0.692. The standard InChI is InChI=1S/C19H25N3O/c1-20-19(22-15-13-17-9-4-2-5-10-17)21-14-8-16-23-18-11-6-3-7-12-18/h2-7,9-12H,8,13-16H2,1H3,(H2,20,21,22). The van der Waals surface area contributed by atoms with Gasteiger partial charge in [0, 0.05) is 20.1 Å². The van der Waals surface area contributed by atoms with Crippen molar-refractivity contribution in [2.24, 2.45) is 4.99 Å². The van der Waals surface area contributed by atoms with Crippen LogP contribution in [0.5, 0.6) is 5.75 Å². The molecule has 0 bridgehead atoms. The fourth-order valence-corrected chi connectivity index (χ4v) is 2.18. The number of hydrogen-bond donors (Lipinski definition) is 2. The summed E-state index contributed by atoms with van der Waals surface area (Å²) in [6, 6.07) is 20.3. The summed E-state index contributed by atoms with van der Waals surface area (Å²) >= 11 is 0. The molecule has 0 saturated carbocycles. The second kappa shape index (κ2) is 10.3. The van der Waals surface area contributed by atoms with Gasteiger partial charge in [0.15, 0.2) is 5.96 Å². The van der Waals surface area contributed by atoms with E-state index in [1.54, 1.807) is 7.05 Å². The molecule has 4 nitrogen and oxygen atoms in total. The van der Waals surface area contributed by atoms with Crippen molar-refractivity contribution < 1.29 is 4.74 Å². The second-order valence-electron chi connectivity index (χ2n) is 5.18. The lowest BCUT2D eigenvalue weighted by Gasteiger charge is -2.12. The number of guanidine groups is 1. The van der Waals surface area contributed by atoms with Gasteiger partial charge in [-0.3, -0.25) is 4.99 Å². The molecule has 0 spiro atoms. The first kappa shape index (κ1) is 16.9. The Kier molecular flexibility index (Phi) is 7.54. The highest BCUT2D eigenvalue weighted by Crippen LogP contribution is 2.07. The lowest BCUT2D eigenvalue weighted by atomic mass is 10.1. The predicted molar refractivity (Wildman–Crippen MR) is 96.1 cm³/mol. The number of benzene rings is 2. The molecule has 0 heterocycles. The fraction of sp³-hybridized carbons (Fsp3) is 0.316. The smallest absolute Gasteiger partial charge is 0.190 e. The van der Waals surface area contributed by atoms with Gasteiger partial charge in [-0.05, 0) is 30.5 Å². The maximum Gasteiger partial charge on any atom is 0.190 e. The van der Waals surface area contributed by atoms with Gasteiger partial charge in [0.2, 0.25) is 0 Å². The molecule has 2 N–H and O–H groups in total. The van der Waals surface area contributed by atoms with E-state index in [1.165, 1.54) is 5.56 Å². The zero-order chi connectivity index (χ0) is 16.2. The Hall–Kier alpha value is -2.49. The Morgan fingerprint density at radius 3 is 2.26 bits per heavy atom. The topological polar surface area (TPSA) is 45.7 Å². The summed E-state index contributed by atoms with van der Waals surface area (Å²) in [6.07, 6.45) is 1.91. The maximum atomic E-state index is 5.66. The van der Waals surface area contributed by atoms with E-state index in [-0.39, 0.29) is 0 Å². The lowest BCUT2D eigenvalue weighted by Crippen LogP contribution is -2.39. The largest absolute Gasteiger partial charge is 0.494 e. The maximum absolute atomic E-state index is 5.66. The summed E-state index contributed by atoms with van der Waals surface area (Å²) in [7, 11) is 1.79. The number of aliphatic imine (C=N–C) groups is 1. The molecule has 0 aliphatic heterocycles. The van der Waals surface area contributed by atoms with Crippen LogP contribution in [0.25, 0.3) is 0 Å². The SMILES string of the molecule is CN=C(NCCCOc1ccccc1)NCCc1ccccc1. The third-order valence-electron chi connectivity index (χ3n) is 3.40. The number of para-hydroxylation sites is 1. The van der Waals surface area contributed by atoms with E-state index in [0.29, 0.717) is 6.61 Å². The Morgan fingerprint density at radius 1 is 0.913 bits per heavy atom.